The lowest BCUT2D eigenvalue weighted by Gasteiger charge is -2.31. The number of aliphatic carboxylic acids is 1. The number of rotatable bonds is 6. The van der Waals surface area contributed by atoms with Crippen molar-refractivity contribution in [3.63, 3.8) is 0 Å². The Hall–Kier alpha value is -1.88. The molecule has 1 unspecified atom stereocenters. The summed E-state index contributed by atoms with van der Waals surface area (Å²) in [4.78, 5) is 24.9. The molecule has 0 aliphatic carbocycles. The van der Waals surface area contributed by atoms with Gasteiger partial charge in [0.25, 0.3) is 0 Å². The zero-order valence-electron chi connectivity index (χ0n) is 12.2. The lowest BCUT2D eigenvalue weighted by molar-refractivity contribution is -0.157. The molecule has 1 amide bonds. The van der Waals surface area contributed by atoms with Gasteiger partial charge in [0.05, 0.1) is 6.61 Å². The van der Waals surface area contributed by atoms with Crippen molar-refractivity contribution in [2.75, 3.05) is 19.8 Å². The van der Waals surface area contributed by atoms with Crippen molar-refractivity contribution in [1.82, 2.24) is 4.90 Å². The number of nitrogens with zero attached hydrogens (tertiary/aromatic N) is 1. The Kier molecular flexibility index (Phi) is 4.96. The van der Waals surface area contributed by atoms with Crippen LogP contribution in [0.1, 0.15) is 25.3 Å². The highest BCUT2D eigenvalue weighted by molar-refractivity contribution is 5.87. The number of carbonyl (C=O) groups excluding carboxylic acids is 1. The lowest BCUT2D eigenvalue weighted by atomic mass is 9.99. The third-order valence-corrected chi connectivity index (χ3v) is 4.01. The number of carboxylic acids is 1. The molecule has 1 N–H and O–H groups in total. The van der Waals surface area contributed by atoms with Crippen LogP contribution in [0, 0.1) is 0 Å². The monoisotopic (exact) mass is 291 g/mol. The van der Waals surface area contributed by atoms with E-state index < -0.39 is 11.5 Å². The van der Waals surface area contributed by atoms with E-state index in [1.807, 2.05) is 30.3 Å². The Morgan fingerprint density at radius 3 is 2.71 bits per heavy atom. The van der Waals surface area contributed by atoms with Crippen molar-refractivity contribution in [1.29, 1.82) is 0 Å². The molecule has 1 aliphatic heterocycles. The van der Waals surface area contributed by atoms with Crippen LogP contribution in [-0.4, -0.2) is 47.2 Å². The summed E-state index contributed by atoms with van der Waals surface area (Å²) in [7, 11) is 0. The molecule has 1 aromatic rings. The first-order valence-corrected chi connectivity index (χ1v) is 7.19. The second-order valence-corrected chi connectivity index (χ2v) is 5.52. The summed E-state index contributed by atoms with van der Waals surface area (Å²) < 4.78 is 5.40. The van der Waals surface area contributed by atoms with Gasteiger partial charge in [-0.05, 0) is 31.7 Å². The van der Waals surface area contributed by atoms with Crippen LogP contribution in [0.5, 0.6) is 0 Å². The molecule has 5 heteroatoms. The van der Waals surface area contributed by atoms with E-state index in [0.29, 0.717) is 19.6 Å². The first-order valence-electron chi connectivity index (χ1n) is 7.19. The predicted molar refractivity (Wildman–Crippen MR) is 78.0 cm³/mol. The number of ether oxygens (including phenoxy) is 1. The maximum atomic E-state index is 12.1. The van der Waals surface area contributed by atoms with Gasteiger partial charge in [0.1, 0.15) is 12.1 Å². The standard InChI is InChI=1S/C16H21NO4/c1-16(15(19)20)9-5-10-17(16)14(18)12-21-11-8-13-6-3-2-4-7-13/h2-4,6-7H,5,8-12H2,1H3,(H,19,20). The summed E-state index contributed by atoms with van der Waals surface area (Å²) >= 11 is 0. The Morgan fingerprint density at radius 1 is 1.33 bits per heavy atom. The molecule has 1 aromatic carbocycles. The van der Waals surface area contributed by atoms with Crippen molar-refractivity contribution in [3.8, 4) is 0 Å². The van der Waals surface area contributed by atoms with Crippen molar-refractivity contribution in [2.45, 2.75) is 31.7 Å². The lowest BCUT2D eigenvalue weighted by Crippen LogP contribution is -2.51. The number of carboxylic acid groups (broad SMARTS) is 1. The maximum Gasteiger partial charge on any atom is 0.329 e. The van der Waals surface area contributed by atoms with Crippen LogP contribution in [0.25, 0.3) is 0 Å². The quantitative estimate of drug-likeness (QED) is 0.810. The van der Waals surface area contributed by atoms with E-state index in [9.17, 15) is 14.7 Å². The average Bonchev–Trinajstić information content (AvgIpc) is 2.88. The molecular weight excluding hydrogens is 270 g/mol. The molecule has 1 heterocycles. The molecular formula is C16H21NO4. The number of carbonyl (C=O) groups is 2. The molecule has 1 saturated heterocycles. The van der Waals surface area contributed by atoms with E-state index in [1.165, 1.54) is 4.90 Å². The second kappa shape index (κ2) is 6.72. The first kappa shape index (κ1) is 15.5. The number of hydrogen-bond donors (Lipinski definition) is 1. The predicted octanol–water partition coefficient (Wildman–Crippen LogP) is 1.71. The van der Waals surface area contributed by atoms with Crippen LogP contribution < -0.4 is 0 Å². The zero-order valence-corrected chi connectivity index (χ0v) is 12.2. The van der Waals surface area contributed by atoms with Gasteiger partial charge in [-0.3, -0.25) is 4.79 Å². The van der Waals surface area contributed by atoms with Crippen molar-refractivity contribution in [2.24, 2.45) is 0 Å². The minimum absolute atomic E-state index is 0.0598. The van der Waals surface area contributed by atoms with Gasteiger partial charge in [-0.1, -0.05) is 30.3 Å². The van der Waals surface area contributed by atoms with Crippen LogP contribution in [0.15, 0.2) is 30.3 Å². The Labute approximate surface area is 124 Å². The normalized spacial score (nSPS) is 21.5. The van der Waals surface area contributed by atoms with Crippen molar-refractivity contribution >= 4 is 11.9 Å². The molecule has 114 valence electrons. The molecule has 0 spiro atoms. The molecule has 1 aliphatic rings. The smallest absolute Gasteiger partial charge is 0.329 e. The molecule has 0 saturated carbocycles. The van der Waals surface area contributed by atoms with Crippen LogP contribution in [0.4, 0.5) is 0 Å². The molecule has 0 radical (unpaired) electrons. The van der Waals surface area contributed by atoms with Gasteiger partial charge >= 0.3 is 5.97 Å². The minimum Gasteiger partial charge on any atom is -0.480 e. The fraction of sp³-hybridized carbons (Fsp3) is 0.500. The molecule has 2 rings (SSSR count). The number of hydrogen-bond acceptors (Lipinski definition) is 3. The highest BCUT2D eigenvalue weighted by Crippen LogP contribution is 2.29. The fourth-order valence-electron chi connectivity index (χ4n) is 2.66. The zero-order chi connectivity index (χ0) is 15.3. The summed E-state index contributed by atoms with van der Waals surface area (Å²) in [5.74, 6) is -1.19. The minimum atomic E-state index is -1.08. The fourth-order valence-corrected chi connectivity index (χ4v) is 2.66. The van der Waals surface area contributed by atoms with Crippen LogP contribution in [0.3, 0.4) is 0 Å². The third-order valence-electron chi connectivity index (χ3n) is 4.01. The third kappa shape index (κ3) is 3.61. The van der Waals surface area contributed by atoms with Crippen molar-refractivity contribution < 1.29 is 19.4 Å². The van der Waals surface area contributed by atoms with Gasteiger partial charge in [-0.25, -0.2) is 4.79 Å². The second-order valence-electron chi connectivity index (χ2n) is 5.52. The summed E-state index contributed by atoms with van der Waals surface area (Å²) in [5, 5.41) is 9.28. The van der Waals surface area contributed by atoms with Crippen molar-refractivity contribution in [3.05, 3.63) is 35.9 Å². The number of likely N-dealkylation sites (tertiary alicyclic amines) is 1. The molecule has 5 nitrogen and oxygen atoms in total. The maximum absolute atomic E-state index is 12.1. The van der Waals surface area contributed by atoms with Crippen LogP contribution in [-0.2, 0) is 20.7 Å². The largest absolute Gasteiger partial charge is 0.480 e. The Bertz CT molecular complexity index is 502. The van der Waals surface area contributed by atoms with E-state index in [0.717, 1.165) is 18.4 Å². The van der Waals surface area contributed by atoms with Crippen LogP contribution >= 0.6 is 0 Å². The first-order chi connectivity index (χ1) is 10.0. The van der Waals surface area contributed by atoms with Gasteiger partial charge in [-0.2, -0.15) is 0 Å². The Morgan fingerprint density at radius 2 is 2.05 bits per heavy atom. The van der Waals surface area contributed by atoms with Gasteiger partial charge in [0.2, 0.25) is 5.91 Å². The molecule has 1 atom stereocenters. The molecule has 21 heavy (non-hydrogen) atoms. The average molecular weight is 291 g/mol. The van der Waals surface area contributed by atoms with Gasteiger partial charge in [-0.15, -0.1) is 0 Å². The van der Waals surface area contributed by atoms with E-state index in [1.54, 1.807) is 6.92 Å². The molecule has 0 bridgehead atoms. The molecule has 0 aromatic heterocycles. The highest BCUT2D eigenvalue weighted by Gasteiger charge is 2.45. The van der Waals surface area contributed by atoms with Gasteiger partial charge in [0.15, 0.2) is 0 Å². The van der Waals surface area contributed by atoms with E-state index >= 15 is 0 Å². The summed E-state index contributed by atoms with van der Waals surface area (Å²) in [6, 6.07) is 9.89. The van der Waals surface area contributed by atoms with E-state index in [4.69, 9.17) is 4.74 Å². The Balaban J connectivity index is 1.78. The highest BCUT2D eigenvalue weighted by atomic mass is 16.5. The summed E-state index contributed by atoms with van der Waals surface area (Å²) in [6.45, 7) is 2.48. The number of benzene rings is 1. The van der Waals surface area contributed by atoms with E-state index in [-0.39, 0.29) is 12.5 Å². The number of amides is 1. The summed E-state index contributed by atoms with van der Waals surface area (Å²) in [5.41, 5.74) is 0.0707. The topological polar surface area (TPSA) is 66.8 Å². The SMILES string of the molecule is CC1(C(=O)O)CCCN1C(=O)COCCc1ccccc1. The van der Waals surface area contributed by atoms with Gasteiger partial charge in [0, 0.05) is 6.54 Å². The van der Waals surface area contributed by atoms with Crippen LogP contribution in [0.2, 0.25) is 0 Å². The van der Waals surface area contributed by atoms with E-state index in [2.05, 4.69) is 0 Å². The molecule has 1 fully saturated rings. The summed E-state index contributed by atoms with van der Waals surface area (Å²) in [6.07, 6.45) is 1.96. The van der Waals surface area contributed by atoms with Gasteiger partial charge < -0.3 is 14.7 Å².